The molecular formula is C42H72O10. The predicted octanol–water partition coefficient (Wildman–Crippen LogP) is 5.13. The molecule has 0 aromatic rings. The molecule has 0 bridgehead atoms. The molecule has 1 saturated heterocycles. The molecule has 6 aliphatic rings. The minimum Gasteiger partial charge on any atom is -0.479 e. The summed E-state index contributed by atoms with van der Waals surface area (Å²) in [7, 11) is 0. The van der Waals surface area contributed by atoms with Crippen LogP contribution in [0.5, 0.6) is 0 Å². The molecule has 1 heterocycles. The van der Waals surface area contributed by atoms with E-state index in [1.807, 2.05) is 0 Å². The van der Waals surface area contributed by atoms with Crippen molar-refractivity contribution in [2.24, 2.45) is 68.5 Å². The van der Waals surface area contributed by atoms with Crippen LogP contribution in [0.2, 0.25) is 0 Å². The second-order valence-electron chi connectivity index (χ2n) is 20.7. The molecule has 300 valence electrons. The molecular weight excluding hydrogens is 664 g/mol. The van der Waals surface area contributed by atoms with Crippen LogP contribution in [0.15, 0.2) is 0 Å². The molecule has 7 N–H and O–H groups in total. The Bertz CT molecular complexity index is 1290. The summed E-state index contributed by atoms with van der Waals surface area (Å²) in [6, 6.07) is 0. The fraction of sp³-hybridized carbons (Fsp3) is 0.976. The van der Waals surface area contributed by atoms with E-state index in [1.165, 1.54) is 64.2 Å². The number of carbonyl (C=O) groups is 1. The zero-order valence-corrected chi connectivity index (χ0v) is 33.2. The number of rotatable bonds is 10. The summed E-state index contributed by atoms with van der Waals surface area (Å²) in [6.07, 6.45) is 0.972. The van der Waals surface area contributed by atoms with Crippen molar-refractivity contribution < 1.29 is 50.0 Å². The Kier molecular flexibility index (Phi) is 11.2. The van der Waals surface area contributed by atoms with Gasteiger partial charge >= 0.3 is 5.97 Å². The van der Waals surface area contributed by atoms with Crippen molar-refractivity contribution in [3.8, 4) is 0 Å². The lowest BCUT2D eigenvalue weighted by molar-refractivity contribution is -0.299. The van der Waals surface area contributed by atoms with E-state index in [9.17, 15) is 40.5 Å². The lowest BCUT2D eigenvalue weighted by Crippen LogP contribution is -2.66. The molecule has 5 saturated carbocycles. The Morgan fingerprint density at radius 2 is 1.37 bits per heavy atom. The summed E-state index contributed by atoms with van der Waals surface area (Å²) < 4.78 is 10.4. The molecule has 0 aromatic carbocycles. The largest absolute Gasteiger partial charge is 0.479 e. The summed E-state index contributed by atoms with van der Waals surface area (Å²) in [5.74, 6) is 3.12. The normalized spacial score (nSPS) is 50.8. The van der Waals surface area contributed by atoms with E-state index in [0.717, 1.165) is 23.7 Å². The Balaban J connectivity index is 1.05. The molecule has 0 amide bonds. The predicted molar refractivity (Wildman–Crippen MR) is 196 cm³/mol. The van der Waals surface area contributed by atoms with E-state index in [2.05, 4.69) is 55.4 Å². The van der Waals surface area contributed by atoms with Crippen molar-refractivity contribution in [2.75, 3.05) is 6.61 Å². The summed E-state index contributed by atoms with van der Waals surface area (Å²) >= 11 is 0. The number of fused-ring (bicyclic) bond motifs is 7. The van der Waals surface area contributed by atoms with Crippen molar-refractivity contribution in [1.29, 1.82) is 0 Å². The number of carboxylic acids is 1. The highest BCUT2D eigenvalue weighted by molar-refractivity contribution is 5.73. The van der Waals surface area contributed by atoms with Crippen LogP contribution >= 0.6 is 0 Å². The van der Waals surface area contributed by atoms with Crippen molar-refractivity contribution in [2.45, 2.75) is 181 Å². The van der Waals surface area contributed by atoms with Crippen LogP contribution in [-0.4, -0.2) is 97.3 Å². The van der Waals surface area contributed by atoms with Gasteiger partial charge in [0.15, 0.2) is 12.4 Å². The first-order chi connectivity index (χ1) is 24.1. The van der Waals surface area contributed by atoms with Crippen molar-refractivity contribution in [3.05, 3.63) is 0 Å². The van der Waals surface area contributed by atoms with Crippen molar-refractivity contribution in [1.82, 2.24) is 0 Å². The van der Waals surface area contributed by atoms with E-state index in [-0.39, 0.29) is 0 Å². The number of hydrogen-bond acceptors (Lipinski definition) is 9. The molecule has 10 nitrogen and oxygen atoms in total. The maximum Gasteiger partial charge on any atom is 0.335 e. The third-order valence-corrected chi connectivity index (χ3v) is 17.6. The third-order valence-electron chi connectivity index (χ3n) is 17.6. The highest BCUT2D eigenvalue weighted by atomic mass is 16.7. The van der Waals surface area contributed by atoms with Gasteiger partial charge < -0.3 is 45.2 Å². The lowest BCUT2D eigenvalue weighted by Gasteiger charge is -2.73. The lowest BCUT2D eigenvalue weighted by atomic mass is 9.31. The molecule has 1 aliphatic heterocycles. The van der Waals surface area contributed by atoms with E-state index < -0.39 is 61.6 Å². The third kappa shape index (κ3) is 6.43. The van der Waals surface area contributed by atoms with Gasteiger partial charge in [0.05, 0.1) is 12.7 Å². The van der Waals surface area contributed by atoms with Crippen LogP contribution in [0, 0.1) is 68.5 Å². The molecule has 6 rings (SSSR count). The zero-order chi connectivity index (χ0) is 38.3. The molecule has 0 spiro atoms. The van der Waals surface area contributed by atoms with Crippen LogP contribution in [0.3, 0.4) is 0 Å². The van der Waals surface area contributed by atoms with Crippen molar-refractivity contribution in [3.63, 3.8) is 0 Å². The van der Waals surface area contributed by atoms with Gasteiger partial charge in [-0.2, -0.15) is 0 Å². The average Bonchev–Trinajstić information content (AvgIpc) is 3.41. The first kappa shape index (κ1) is 40.8. The van der Waals surface area contributed by atoms with Gasteiger partial charge in [-0.15, -0.1) is 0 Å². The van der Waals surface area contributed by atoms with Gasteiger partial charge in [0, 0.05) is 0 Å². The number of hydrogen-bond donors (Lipinski definition) is 7. The minimum atomic E-state index is -1.86. The second kappa shape index (κ2) is 14.3. The van der Waals surface area contributed by atoms with Crippen molar-refractivity contribution >= 4 is 5.97 Å². The smallest absolute Gasteiger partial charge is 0.335 e. The maximum absolute atomic E-state index is 11.4. The Morgan fingerprint density at radius 3 is 2.00 bits per heavy atom. The number of carboxylic acid groups (broad SMARTS) is 1. The maximum atomic E-state index is 11.4. The van der Waals surface area contributed by atoms with Gasteiger partial charge in [0.2, 0.25) is 0 Å². The molecule has 19 unspecified atom stereocenters. The first-order valence-corrected chi connectivity index (χ1v) is 20.7. The topological polar surface area (TPSA) is 177 Å². The minimum absolute atomic E-state index is 0.303. The van der Waals surface area contributed by atoms with Gasteiger partial charge in [-0.1, -0.05) is 55.4 Å². The Hall–Kier alpha value is -0.850. The Morgan fingerprint density at radius 1 is 0.750 bits per heavy atom. The van der Waals surface area contributed by atoms with Gasteiger partial charge in [-0.05, 0) is 146 Å². The Labute approximate surface area is 312 Å². The highest BCUT2D eigenvalue weighted by Crippen LogP contribution is 2.78. The highest BCUT2D eigenvalue weighted by Gasteiger charge is 2.70. The van der Waals surface area contributed by atoms with Crippen LogP contribution in [-0.2, 0) is 14.3 Å². The number of aliphatic hydroxyl groups is 6. The second-order valence-corrected chi connectivity index (χ2v) is 20.7. The number of ether oxygens (including phenoxy) is 2. The summed E-state index contributed by atoms with van der Waals surface area (Å²) in [6.45, 7) is 20.1. The van der Waals surface area contributed by atoms with Gasteiger partial charge in [0.1, 0.15) is 30.5 Å². The molecule has 5 aliphatic carbocycles. The van der Waals surface area contributed by atoms with E-state index in [4.69, 9.17) is 9.47 Å². The summed E-state index contributed by atoms with van der Waals surface area (Å²) in [5.41, 5.74) is 1.82. The first-order valence-electron chi connectivity index (χ1n) is 20.7. The van der Waals surface area contributed by atoms with Crippen LogP contribution in [0.25, 0.3) is 0 Å². The molecule has 19 atom stereocenters. The summed E-state index contributed by atoms with van der Waals surface area (Å²) in [5, 5.41) is 71.7. The molecule has 10 heteroatoms. The van der Waals surface area contributed by atoms with Gasteiger partial charge in [-0.3, -0.25) is 0 Å². The van der Waals surface area contributed by atoms with E-state index in [0.29, 0.717) is 57.7 Å². The zero-order valence-electron chi connectivity index (χ0n) is 33.2. The standard InChI is InChI=1S/C42H72O10/c1-22-19-38(3,4)28-15-18-42(8)30(40(28,6)20-22)12-11-29-39(5)16-13-24(25(39)14-17-41(29,42)7)23(2)9-10-26(43)31(45)27(44)21-51-37-34(48)32(46)33(47)35(52-37)36(49)50/h22-35,37,43-48H,9-21H2,1-8H3,(H,49,50). The average molecular weight is 737 g/mol. The van der Waals surface area contributed by atoms with E-state index >= 15 is 0 Å². The monoisotopic (exact) mass is 737 g/mol. The van der Waals surface area contributed by atoms with Gasteiger partial charge in [0.25, 0.3) is 0 Å². The quantitative estimate of drug-likeness (QED) is 0.159. The van der Waals surface area contributed by atoms with Crippen LogP contribution in [0.1, 0.15) is 132 Å². The van der Waals surface area contributed by atoms with Crippen LogP contribution in [0.4, 0.5) is 0 Å². The molecule has 0 radical (unpaired) electrons. The fourth-order valence-corrected chi connectivity index (χ4v) is 15.3. The molecule has 0 aromatic heterocycles. The van der Waals surface area contributed by atoms with Gasteiger partial charge in [-0.25, -0.2) is 4.79 Å². The molecule has 6 fully saturated rings. The SMILES string of the molecule is CC1CC(C)(C)C2CCC3(C)C(CCC4C5(C)CCC(C(C)CCC(O)C(O)C(O)COC6OC(C(=O)O)C(O)C(O)C6O)C5CCC43C)C2(C)C1. The van der Waals surface area contributed by atoms with E-state index in [1.54, 1.807) is 0 Å². The van der Waals surface area contributed by atoms with Crippen LogP contribution < -0.4 is 0 Å². The summed E-state index contributed by atoms with van der Waals surface area (Å²) in [4.78, 5) is 11.4. The number of aliphatic hydroxyl groups excluding tert-OH is 6. The fourth-order valence-electron chi connectivity index (χ4n) is 15.3. The number of aliphatic carboxylic acids is 1. The molecule has 52 heavy (non-hydrogen) atoms.